The topological polar surface area (TPSA) is 111 Å². The molecule has 8 nitrogen and oxygen atoms in total. The van der Waals surface area contributed by atoms with Crippen molar-refractivity contribution in [3.8, 4) is 6.07 Å². The molecule has 1 aliphatic rings. The number of rotatable bonds is 4. The van der Waals surface area contributed by atoms with Crippen LogP contribution in [-0.2, 0) is 17.7 Å². The first kappa shape index (κ1) is 16.8. The van der Waals surface area contributed by atoms with E-state index in [0.717, 1.165) is 31.5 Å². The zero-order valence-corrected chi connectivity index (χ0v) is 13.8. The third-order valence-electron chi connectivity index (χ3n) is 4.18. The number of ether oxygens (including phenoxy) is 1. The third-order valence-corrected chi connectivity index (χ3v) is 4.18. The molecule has 2 aromatic rings. The first-order valence-electron chi connectivity index (χ1n) is 8.07. The Bertz CT molecular complexity index is 852. The van der Waals surface area contributed by atoms with Gasteiger partial charge in [0.15, 0.2) is 11.7 Å². The number of pyridine rings is 1. The highest BCUT2D eigenvalue weighted by atomic mass is 16.5. The number of Topliss-reactive ketones (excluding diaryl/α,β-unsaturated/α-hetero) is 1. The summed E-state index contributed by atoms with van der Waals surface area (Å²) < 4.78 is 6.48. The van der Waals surface area contributed by atoms with Crippen molar-refractivity contribution in [2.24, 2.45) is 0 Å². The predicted molar refractivity (Wildman–Crippen MR) is 85.8 cm³/mol. The average molecular weight is 339 g/mol. The Balaban J connectivity index is 1.94. The van der Waals surface area contributed by atoms with Crippen LogP contribution in [0.5, 0.6) is 0 Å². The Morgan fingerprint density at radius 1 is 1.24 bits per heavy atom. The molecule has 0 aliphatic carbocycles. The van der Waals surface area contributed by atoms with E-state index in [2.05, 4.69) is 19.9 Å². The van der Waals surface area contributed by atoms with Crippen molar-refractivity contribution in [2.45, 2.75) is 38.1 Å². The van der Waals surface area contributed by atoms with Crippen molar-refractivity contribution in [1.29, 1.82) is 5.26 Å². The summed E-state index contributed by atoms with van der Waals surface area (Å²) in [5.74, 6) is -1.11. The number of carbonyl (C=O) groups is 2. The van der Waals surface area contributed by atoms with Gasteiger partial charge in [0.1, 0.15) is 17.2 Å². The van der Waals surface area contributed by atoms with Crippen LogP contribution in [0.1, 0.15) is 57.8 Å². The van der Waals surface area contributed by atoms with Crippen LogP contribution in [0.4, 0.5) is 0 Å². The number of methoxy groups -OCH3 is 1. The molecule has 0 N–H and O–H groups in total. The number of esters is 1. The van der Waals surface area contributed by atoms with E-state index < -0.39 is 17.7 Å². The summed E-state index contributed by atoms with van der Waals surface area (Å²) >= 11 is 0. The van der Waals surface area contributed by atoms with Crippen LogP contribution in [0.25, 0.3) is 0 Å². The van der Waals surface area contributed by atoms with Crippen LogP contribution in [0.3, 0.4) is 0 Å². The Morgan fingerprint density at radius 2 is 2.04 bits per heavy atom. The Hall–Kier alpha value is -3.08. The minimum Gasteiger partial charge on any atom is -0.464 e. The highest BCUT2D eigenvalue weighted by molar-refractivity contribution is 6.01. The molecule has 0 aromatic carbocycles. The molecule has 0 spiro atoms. The molecule has 3 heterocycles. The summed E-state index contributed by atoms with van der Waals surface area (Å²) in [6.07, 6.45) is 3.85. The zero-order chi connectivity index (χ0) is 17.8. The fourth-order valence-electron chi connectivity index (χ4n) is 2.89. The van der Waals surface area contributed by atoms with Crippen molar-refractivity contribution in [3.05, 3.63) is 41.2 Å². The highest BCUT2D eigenvalue weighted by Crippen LogP contribution is 2.22. The average Bonchev–Trinajstić information content (AvgIpc) is 2.89. The van der Waals surface area contributed by atoms with Gasteiger partial charge in [-0.1, -0.05) is 12.5 Å². The molecule has 1 unspecified atom stereocenters. The van der Waals surface area contributed by atoms with Gasteiger partial charge in [0.2, 0.25) is 5.78 Å². The molecular weight excluding hydrogens is 322 g/mol. The largest absolute Gasteiger partial charge is 0.464 e. The normalized spacial score (nSPS) is 14.7. The van der Waals surface area contributed by atoms with E-state index in [1.807, 2.05) is 10.6 Å². The molecule has 25 heavy (non-hydrogen) atoms. The summed E-state index contributed by atoms with van der Waals surface area (Å²) in [5.41, 5.74) is 0.0468. The smallest absolute Gasteiger partial charge is 0.356 e. The van der Waals surface area contributed by atoms with Crippen molar-refractivity contribution in [1.82, 2.24) is 19.7 Å². The molecule has 1 atom stereocenters. The molecule has 0 bridgehead atoms. The fourth-order valence-corrected chi connectivity index (χ4v) is 2.89. The number of hydrogen-bond donors (Lipinski definition) is 0. The quantitative estimate of drug-likeness (QED) is 0.615. The van der Waals surface area contributed by atoms with E-state index in [1.165, 1.54) is 25.3 Å². The van der Waals surface area contributed by atoms with Gasteiger partial charge in [0, 0.05) is 13.0 Å². The number of nitriles is 1. The molecule has 0 saturated carbocycles. The summed E-state index contributed by atoms with van der Waals surface area (Å²) in [7, 11) is 1.24. The van der Waals surface area contributed by atoms with Gasteiger partial charge in [-0.2, -0.15) is 5.26 Å². The number of hydrogen-bond acceptors (Lipinski definition) is 7. The number of aryl methyl sites for hydroxylation is 1. The number of nitrogens with zero attached hydrogens (tertiary/aromatic N) is 5. The molecule has 0 amide bonds. The standard InChI is InChI=1S/C17H17N5O3/c1-25-17(24)13-7-5-6-12(19-13)15(23)11(10-18)16-21-20-14-8-3-2-4-9-22(14)16/h5-7,11H,2-4,8-9H2,1H3. The summed E-state index contributed by atoms with van der Waals surface area (Å²) in [6.45, 7) is 0.693. The van der Waals surface area contributed by atoms with Crippen LogP contribution < -0.4 is 0 Å². The van der Waals surface area contributed by atoms with Gasteiger partial charge in [-0.3, -0.25) is 4.79 Å². The highest BCUT2D eigenvalue weighted by Gasteiger charge is 2.30. The second-order valence-electron chi connectivity index (χ2n) is 5.76. The lowest BCUT2D eigenvalue weighted by atomic mass is 10.0. The van der Waals surface area contributed by atoms with E-state index in [0.29, 0.717) is 12.4 Å². The number of carbonyl (C=O) groups excluding carboxylic acids is 2. The second kappa shape index (κ2) is 7.21. The Labute approximate surface area is 144 Å². The van der Waals surface area contributed by atoms with Crippen LogP contribution >= 0.6 is 0 Å². The SMILES string of the molecule is COC(=O)c1cccc(C(=O)C(C#N)c2nnc3n2CCCCC3)n1. The van der Waals surface area contributed by atoms with Crippen LogP contribution in [0.15, 0.2) is 18.2 Å². The first-order valence-corrected chi connectivity index (χ1v) is 8.07. The maximum absolute atomic E-state index is 12.8. The van der Waals surface area contributed by atoms with Crippen molar-refractivity contribution < 1.29 is 14.3 Å². The van der Waals surface area contributed by atoms with Crippen molar-refractivity contribution in [2.75, 3.05) is 7.11 Å². The molecular formula is C17H17N5O3. The van der Waals surface area contributed by atoms with Gasteiger partial charge >= 0.3 is 5.97 Å². The van der Waals surface area contributed by atoms with Crippen molar-refractivity contribution in [3.63, 3.8) is 0 Å². The molecule has 2 aromatic heterocycles. The van der Waals surface area contributed by atoms with E-state index in [1.54, 1.807) is 0 Å². The predicted octanol–water partition coefficient (Wildman–Crippen LogP) is 1.68. The maximum atomic E-state index is 12.8. The van der Waals surface area contributed by atoms with Gasteiger partial charge < -0.3 is 9.30 Å². The van der Waals surface area contributed by atoms with Crippen LogP contribution in [0, 0.1) is 11.3 Å². The molecule has 8 heteroatoms. The van der Waals surface area contributed by atoms with Gasteiger partial charge in [-0.05, 0) is 25.0 Å². The van der Waals surface area contributed by atoms with Crippen molar-refractivity contribution >= 4 is 11.8 Å². The van der Waals surface area contributed by atoms with E-state index in [-0.39, 0.29) is 11.4 Å². The second-order valence-corrected chi connectivity index (χ2v) is 5.76. The zero-order valence-electron chi connectivity index (χ0n) is 13.8. The monoisotopic (exact) mass is 339 g/mol. The molecule has 3 rings (SSSR count). The Kier molecular flexibility index (Phi) is 4.84. The first-order chi connectivity index (χ1) is 12.2. The third kappa shape index (κ3) is 3.26. The number of fused-ring (bicyclic) bond motifs is 1. The van der Waals surface area contributed by atoms with E-state index in [4.69, 9.17) is 0 Å². The molecule has 0 radical (unpaired) electrons. The molecule has 128 valence electrons. The van der Waals surface area contributed by atoms with Crippen LogP contribution in [-0.4, -0.2) is 38.6 Å². The summed E-state index contributed by atoms with van der Waals surface area (Å²) in [4.78, 5) is 28.4. The van der Waals surface area contributed by atoms with Gasteiger partial charge in [-0.25, -0.2) is 9.78 Å². The molecule has 0 saturated heterocycles. The Morgan fingerprint density at radius 3 is 2.80 bits per heavy atom. The minimum atomic E-state index is -1.11. The molecule has 0 fully saturated rings. The van der Waals surface area contributed by atoms with E-state index in [9.17, 15) is 14.9 Å². The lowest BCUT2D eigenvalue weighted by Crippen LogP contribution is -2.19. The van der Waals surface area contributed by atoms with E-state index >= 15 is 0 Å². The maximum Gasteiger partial charge on any atom is 0.356 e. The van der Waals surface area contributed by atoms with Crippen LogP contribution in [0.2, 0.25) is 0 Å². The number of aromatic nitrogens is 4. The minimum absolute atomic E-state index is 0.0186. The lowest BCUT2D eigenvalue weighted by molar-refractivity contribution is 0.0594. The summed E-state index contributed by atoms with van der Waals surface area (Å²) in [6, 6.07) is 6.46. The number of ketones is 1. The van der Waals surface area contributed by atoms with Gasteiger partial charge in [0.25, 0.3) is 0 Å². The molecule has 1 aliphatic heterocycles. The lowest BCUT2D eigenvalue weighted by Gasteiger charge is -2.11. The summed E-state index contributed by atoms with van der Waals surface area (Å²) in [5, 5.41) is 17.8. The fraction of sp³-hybridized carbons (Fsp3) is 0.412. The van der Waals surface area contributed by atoms with Gasteiger partial charge in [0.05, 0.1) is 13.2 Å². The van der Waals surface area contributed by atoms with Gasteiger partial charge in [-0.15, -0.1) is 10.2 Å².